The summed E-state index contributed by atoms with van der Waals surface area (Å²) in [6.07, 6.45) is 3.88. The lowest BCUT2D eigenvalue weighted by molar-refractivity contribution is 0.137. The minimum absolute atomic E-state index is 0.161. The normalized spacial score (nSPS) is 14.3. The second-order valence-corrected chi connectivity index (χ2v) is 9.58. The summed E-state index contributed by atoms with van der Waals surface area (Å²) in [5, 5.41) is 27.2. The smallest absolute Gasteiger partial charge is 0.147 e. The molecule has 3 aromatic heterocycles. The van der Waals surface area contributed by atoms with Crippen molar-refractivity contribution in [3.05, 3.63) is 71.5 Å². The van der Waals surface area contributed by atoms with Gasteiger partial charge in [-0.1, -0.05) is 6.07 Å². The van der Waals surface area contributed by atoms with Gasteiger partial charge in [0.05, 0.1) is 18.5 Å². The topological polar surface area (TPSA) is 89.2 Å². The lowest BCUT2D eigenvalue weighted by atomic mass is 9.95. The number of phenolic OH excluding ortho intramolecular Hbond substituents is 1. The number of rotatable bonds is 6. The summed E-state index contributed by atoms with van der Waals surface area (Å²) in [6, 6.07) is 13.6. The molecule has 0 radical (unpaired) electrons. The summed E-state index contributed by atoms with van der Waals surface area (Å²) in [4.78, 5) is 2.38. The number of ether oxygens (including phenoxy) is 1. The van der Waals surface area contributed by atoms with Crippen molar-refractivity contribution in [2.24, 2.45) is 7.05 Å². The highest BCUT2D eigenvalue weighted by atomic mass is 32.1. The van der Waals surface area contributed by atoms with Gasteiger partial charge in [-0.3, -0.25) is 9.58 Å². The molecule has 6 rings (SSSR count). The van der Waals surface area contributed by atoms with Crippen LogP contribution in [0.25, 0.3) is 33.3 Å². The number of fused-ring (bicyclic) bond motifs is 1. The Kier molecular flexibility index (Phi) is 5.43. The first-order valence-corrected chi connectivity index (χ1v) is 12.2. The molecule has 35 heavy (non-hydrogen) atoms. The molecule has 1 aliphatic heterocycles. The molecule has 1 saturated heterocycles. The summed E-state index contributed by atoms with van der Waals surface area (Å²) in [5.41, 5.74) is 6.19. The fraction of sp³-hybridized carbons (Fsp3) is 0.231. The minimum Gasteiger partial charge on any atom is -0.507 e. The molecule has 4 heterocycles. The van der Waals surface area contributed by atoms with Crippen LogP contribution >= 0.6 is 11.5 Å². The van der Waals surface area contributed by atoms with E-state index in [0.717, 1.165) is 47.4 Å². The number of likely N-dealkylation sites (tertiary alicyclic amines) is 1. The van der Waals surface area contributed by atoms with Gasteiger partial charge in [0.25, 0.3) is 0 Å². The van der Waals surface area contributed by atoms with E-state index in [2.05, 4.69) is 29.9 Å². The molecule has 0 saturated carbocycles. The summed E-state index contributed by atoms with van der Waals surface area (Å²) >= 11 is 1.49. The lowest BCUT2D eigenvalue weighted by Crippen LogP contribution is -2.44. The third kappa shape index (κ3) is 4.13. The Morgan fingerprint density at radius 2 is 1.97 bits per heavy atom. The molecule has 0 unspecified atom stereocenters. The van der Waals surface area contributed by atoms with Crippen molar-refractivity contribution in [2.45, 2.75) is 12.5 Å². The summed E-state index contributed by atoms with van der Waals surface area (Å²) < 4.78 is 11.5. The Morgan fingerprint density at radius 3 is 2.69 bits per heavy atom. The zero-order valence-corrected chi connectivity index (χ0v) is 20.2. The Labute approximate surface area is 206 Å². The quantitative estimate of drug-likeness (QED) is 0.380. The third-order valence-corrected chi connectivity index (χ3v) is 7.10. The predicted octanol–water partition coefficient (Wildman–Crippen LogP) is 4.47. The van der Waals surface area contributed by atoms with Crippen molar-refractivity contribution < 1.29 is 9.84 Å². The monoisotopic (exact) mass is 484 g/mol. The van der Waals surface area contributed by atoms with E-state index in [0.29, 0.717) is 22.9 Å². The van der Waals surface area contributed by atoms with Crippen molar-refractivity contribution >= 4 is 22.4 Å². The molecular weight excluding hydrogens is 460 g/mol. The van der Waals surface area contributed by atoms with Crippen molar-refractivity contribution in [3.8, 4) is 33.9 Å². The molecule has 0 aliphatic carbocycles. The lowest BCUT2D eigenvalue weighted by Gasteiger charge is -2.38. The number of aromatic nitrogens is 5. The number of aromatic hydroxyl groups is 1. The van der Waals surface area contributed by atoms with E-state index in [1.165, 1.54) is 17.1 Å². The van der Waals surface area contributed by atoms with Crippen LogP contribution in [0.5, 0.6) is 11.5 Å². The molecule has 0 atom stereocenters. The van der Waals surface area contributed by atoms with Gasteiger partial charge in [-0.15, -0.1) is 0 Å². The molecule has 0 amide bonds. The molecule has 176 valence electrons. The van der Waals surface area contributed by atoms with E-state index in [1.54, 1.807) is 17.9 Å². The number of hydrogen-bond donors (Lipinski definition) is 1. The minimum atomic E-state index is 0.161. The van der Waals surface area contributed by atoms with Gasteiger partial charge < -0.3 is 9.84 Å². The van der Waals surface area contributed by atoms with Crippen LogP contribution in [0, 0.1) is 0 Å². The summed E-state index contributed by atoms with van der Waals surface area (Å²) in [5.74, 6) is 1.25. The summed E-state index contributed by atoms with van der Waals surface area (Å²) in [7, 11) is 3.52. The van der Waals surface area contributed by atoms with Crippen LogP contribution < -0.4 is 4.74 Å². The maximum atomic E-state index is 10.8. The van der Waals surface area contributed by atoms with E-state index in [4.69, 9.17) is 4.74 Å². The largest absolute Gasteiger partial charge is 0.507 e. The number of nitrogens with zero attached hydrogens (tertiary/aromatic N) is 6. The van der Waals surface area contributed by atoms with Gasteiger partial charge in [0.1, 0.15) is 17.0 Å². The standard InChI is InChI=1S/C26H24N6O2S/c1-31-12-19-7-18(9-25(34-2)26(19)30-31)17-3-4-21(24(33)8-17)23-6-5-22(28-29-23)20-13-32(14-20)11-16-10-27-35-15-16/h3-10,12,15,20,33H,11,13-14H2,1-2H3. The SMILES string of the molecule is COc1cc(-c2ccc(-c3ccc(C4CN(Cc5cnsc5)C4)nn3)c(O)c2)cc2cn(C)nc12. The second kappa shape index (κ2) is 8.75. The first-order valence-electron chi connectivity index (χ1n) is 11.4. The summed E-state index contributed by atoms with van der Waals surface area (Å²) in [6.45, 7) is 2.86. The molecule has 1 aliphatic rings. The highest BCUT2D eigenvalue weighted by Gasteiger charge is 2.29. The zero-order chi connectivity index (χ0) is 23.9. The zero-order valence-electron chi connectivity index (χ0n) is 19.4. The fourth-order valence-corrected chi connectivity index (χ4v) is 5.15. The third-order valence-electron chi connectivity index (χ3n) is 6.47. The Balaban J connectivity index is 1.19. The van der Waals surface area contributed by atoms with E-state index in [-0.39, 0.29) is 5.75 Å². The number of hydrogen-bond acceptors (Lipinski definition) is 8. The molecule has 9 heteroatoms. The van der Waals surface area contributed by atoms with E-state index < -0.39 is 0 Å². The van der Waals surface area contributed by atoms with Gasteiger partial charge in [0.15, 0.2) is 0 Å². The average Bonchev–Trinajstić information content (AvgIpc) is 3.49. The Hall–Kier alpha value is -3.82. The first-order chi connectivity index (χ1) is 17.1. The molecular formula is C26H24N6O2S. The molecule has 8 nitrogen and oxygen atoms in total. The van der Waals surface area contributed by atoms with Gasteiger partial charge in [-0.2, -0.15) is 15.3 Å². The maximum Gasteiger partial charge on any atom is 0.147 e. The van der Waals surface area contributed by atoms with Crippen molar-refractivity contribution in [1.82, 2.24) is 29.3 Å². The van der Waals surface area contributed by atoms with Gasteiger partial charge in [-0.05, 0) is 64.6 Å². The Bertz CT molecular complexity index is 1490. The van der Waals surface area contributed by atoms with Crippen LogP contribution in [0.1, 0.15) is 17.2 Å². The molecule has 0 spiro atoms. The van der Waals surface area contributed by atoms with Gasteiger partial charge >= 0.3 is 0 Å². The van der Waals surface area contributed by atoms with Crippen LogP contribution in [0.3, 0.4) is 0 Å². The molecule has 1 fully saturated rings. The van der Waals surface area contributed by atoms with Crippen molar-refractivity contribution in [1.29, 1.82) is 0 Å². The average molecular weight is 485 g/mol. The van der Waals surface area contributed by atoms with Crippen LogP contribution in [-0.4, -0.2) is 54.6 Å². The van der Waals surface area contributed by atoms with Gasteiger partial charge in [0.2, 0.25) is 0 Å². The van der Waals surface area contributed by atoms with E-state index in [1.807, 2.05) is 55.8 Å². The molecule has 2 aromatic carbocycles. The predicted molar refractivity (Wildman–Crippen MR) is 136 cm³/mol. The highest BCUT2D eigenvalue weighted by Crippen LogP contribution is 2.36. The van der Waals surface area contributed by atoms with Gasteiger partial charge in [-0.25, -0.2) is 4.37 Å². The fourth-order valence-electron chi connectivity index (χ4n) is 4.63. The van der Waals surface area contributed by atoms with Crippen LogP contribution in [0.4, 0.5) is 0 Å². The van der Waals surface area contributed by atoms with Crippen LogP contribution in [0.15, 0.2) is 60.2 Å². The van der Waals surface area contributed by atoms with Crippen LogP contribution in [-0.2, 0) is 13.6 Å². The maximum absolute atomic E-state index is 10.8. The number of benzene rings is 2. The van der Waals surface area contributed by atoms with E-state index >= 15 is 0 Å². The van der Waals surface area contributed by atoms with Crippen molar-refractivity contribution in [3.63, 3.8) is 0 Å². The van der Waals surface area contributed by atoms with Crippen LogP contribution in [0.2, 0.25) is 0 Å². The van der Waals surface area contributed by atoms with Crippen molar-refractivity contribution in [2.75, 3.05) is 20.2 Å². The number of phenols is 1. The number of aryl methyl sites for hydroxylation is 1. The highest BCUT2D eigenvalue weighted by molar-refractivity contribution is 7.03. The second-order valence-electron chi connectivity index (χ2n) is 8.92. The Morgan fingerprint density at radius 1 is 1.09 bits per heavy atom. The molecule has 0 bridgehead atoms. The number of methoxy groups -OCH3 is 1. The first kappa shape index (κ1) is 21.7. The molecule has 5 aromatic rings. The van der Waals surface area contributed by atoms with E-state index in [9.17, 15) is 5.11 Å². The molecule has 1 N–H and O–H groups in total. The van der Waals surface area contributed by atoms with Gasteiger partial charge in [0, 0.05) is 61.3 Å².